The Balaban J connectivity index is 1.38. The zero-order chi connectivity index (χ0) is 24.1. The van der Waals surface area contributed by atoms with Crippen LogP contribution in [-0.2, 0) is 12.0 Å². The molecule has 1 fully saturated rings. The molecule has 180 valence electrons. The molecule has 0 bridgehead atoms. The Morgan fingerprint density at radius 3 is 2.50 bits per heavy atom. The molecule has 0 spiro atoms. The van der Waals surface area contributed by atoms with Gasteiger partial charge in [0.15, 0.2) is 5.13 Å². The third-order valence-electron chi connectivity index (χ3n) is 6.43. The van der Waals surface area contributed by atoms with Crippen LogP contribution in [0.2, 0.25) is 0 Å². The van der Waals surface area contributed by atoms with Crippen molar-refractivity contribution >= 4 is 22.4 Å². The van der Waals surface area contributed by atoms with Crippen molar-refractivity contribution in [1.82, 2.24) is 14.8 Å². The fourth-order valence-electron chi connectivity index (χ4n) is 4.20. The molecule has 0 atom stereocenters. The van der Waals surface area contributed by atoms with Gasteiger partial charge < -0.3 is 10.2 Å². The molecule has 4 rings (SSSR count). The lowest BCUT2D eigenvalue weighted by Crippen LogP contribution is -2.46. The van der Waals surface area contributed by atoms with Gasteiger partial charge in [0.1, 0.15) is 5.75 Å². The first-order valence-electron chi connectivity index (χ1n) is 11.6. The number of rotatable bonds is 8. The highest BCUT2D eigenvalue weighted by Crippen LogP contribution is 2.34. The largest absolute Gasteiger partial charge is 0.508 e. The van der Waals surface area contributed by atoms with Crippen LogP contribution < -0.4 is 5.32 Å². The van der Waals surface area contributed by atoms with Gasteiger partial charge in [-0.3, -0.25) is 19.9 Å². The number of phenols is 1. The van der Waals surface area contributed by atoms with E-state index in [4.69, 9.17) is 5.11 Å². The van der Waals surface area contributed by atoms with Crippen molar-refractivity contribution in [3.8, 4) is 5.75 Å². The van der Waals surface area contributed by atoms with Gasteiger partial charge in [-0.15, -0.1) is 11.3 Å². The van der Waals surface area contributed by atoms with E-state index in [-0.39, 0.29) is 23.7 Å². The van der Waals surface area contributed by atoms with Gasteiger partial charge in [0, 0.05) is 55.6 Å². The van der Waals surface area contributed by atoms with Gasteiger partial charge in [-0.25, -0.2) is 4.98 Å². The molecule has 0 saturated carbocycles. The molecule has 0 radical (unpaired) electrons. The standard InChI is InChI=1S/C26H32N4O3S/c1-26(2,21-6-8-22(32)9-7-21)23-18-34-25(27-23)28-24(33)20-5-3-4-19(16-20)17-30-12-10-29(11-13-30)14-15-31/h3-9,16,18,31-32H,10-15,17H2,1-2H3,(H,27,28,33). The number of aliphatic hydroxyl groups is 1. The monoisotopic (exact) mass is 480 g/mol. The summed E-state index contributed by atoms with van der Waals surface area (Å²) in [7, 11) is 0. The summed E-state index contributed by atoms with van der Waals surface area (Å²) >= 11 is 1.41. The van der Waals surface area contributed by atoms with Gasteiger partial charge in [-0.1, -0.05) is 38.1 Å². The Bertz CT molecular complexity index is 1110. The highest BCUT2D eigenvalue weighted by atomic mass is 32.1. The molecule has 8 heteroatoms. The lowest BCUT2D eigenvalue weighted by molar-refractivity contribution is 0.102. The molecule has 1 aliphatic rings. The fraction of sp³-hybridized carbons (Fsp3) is 0.385. The number of phenolic OH excluding ortho intramolecular Hbond substituents is 1. The predicted molar refractivity (Wildman–Crippen MR) is 136 cm³/mol. The topological polar surface area (TPSA) is 88.9 Å². The molecule has 1 saturated heterocycles. The van der Waals surface area contributed by atoms with Crippen LogP contribution in [0.5, 0.6) is 5.75 Å². The number of amides is 1. The van der Waals surface area contributed by atoms with E-state index in [1.165, 1.54) is 11.3 Å². The zero-order valence-corrected chi connectivity index (χ0v) is 20.5. The highest BCUT2D eigenvalue weighted by molar-refractivity contribution is 7.14. The van der Waals surface area contributed by atoms with Crippen molar-refractivity contribution in [2.45, 2.75) is 25.8 Å². The van der Waals surface area contributed by atoms with E-state index in [0.717, 1.165) is 56.1 Å². The Kier molecular flexibility index (Phi) is 7.63. The summed E-state index contributed by atoms with van der Waals surface area (Å²) in [6.07, 6.45) is 0. The van der Waals surface area contributed by atoms with E-state index >= 15 is 0 Å². The van der Waals surface area contributed by atoms with E-state index < -0.39 is 0 Å². The number of aliphatic hydroxyl groups excluding tert-OH is 1. The lowest BCUT2D eigenvalue weighted by Gasteiger charge is -2.34. The maximum atomic E-state index is 12.9. The minimum Gasteiger partial charge on any atom is -0.508 e. The number of hydrogen-bond acceptors (Lipinski definition) is 7. The summed E-state index contributed by atoms with van der Waals surface area (Å²) < 4.78 is 0. The molecule has 0 aliphatic carbocycles. The van der Waals surface area contributed by atoms with Crippen LogP contribution in [0, 0.1) is 0 Å². The Morgan fingerprint density at radius 2 is 1.79 bits per heavy atom. The van der Waals surface area contributed by atoms with Crippen LogP contribution in [0.4, 0.5) is 5.13 Å². The second-order valence-corrected chi connectivity index (χ2v) is 10.1. The molecule has 0 unspecified atom stereocenters. The molecule has 2 aromatic carbocycles. The number of piperazine rings is 1. The van der Waals surface area contributed by atoms with E-state index in [9.17, 15) is 9.90 Å². The molecule has 3 N–H and O–H groups in total. The van der Waals surface area contributed by atoms with Gasteiger partial charge >= 0.3 is 0 Å². The van der Waals surface area contributed by atoms with Gasteiger partial charge in [0.2, 0.25) is 0 Å². The van der Waals surface area contributed by atoms with Crippen molar-refractivity contribution in [1.29, 1.82) is 0 Å². The normalized spacial score (nSPS) is 15.4. The number of carbonyl (C=O) groups is 1. The molecular formula is C26H32N4O3S. The summed E-state index contributed by atoms with van der Waals surface area (Å²) in [6.45, 7) is 9.70. The minimum absolute atomic E-state index is 0.169. The SMILES string of the molecule is CC(C)(c1ccc(O)cc1)c1csc(NC(=O)c2cccc(CN3CCN(CCO)CC3)c2)n1. The first kappa shape index (κ1) is 24.3. The second-order valence-electron chi connectivity index (χ2n) is 9.21. The average molecular weight is 481 g/mol. The molecule has 1 amide bonds. The summed E-state index contributed by atoms with van der Waals surface area (Å²) in [4.78, 5) is 22.2. The van der Waals surface area contributed by atoms with Crippen LogP contribution in [0.15, 0.2) is 53.9 Å². The highest BCUT2D eigenvalue weighted by Gasteiger charge is 2.26. The van der Waals surface area contributed by atoms with E-state index in [2.05, 4.69) is 40.0 Å². The van der Waals surface area contributed by atoms with Crippen LogP contribution in [0.3, 0.4) is 0 Å². The molecule has 1 aliphatic heterocycles. The van der Waals surface area contributed by atoms with Gasteiger partial charge in [-0.05, 0) is 35.4 Å². The predicted octanol–water partition coefficient (Wildman–Crippen LogP) is 3.54. The lowest BCUT2D eigenvalue weighted by atomic mass is 9.82. The number of carbonyl (C=O) groups excluding carboxylic acids is 1. The van der Waals surface area contributed by atoms with Crippen molar-refractivity contribution in [3.05, 3.63) is 76.3 Å². The van der Waals surface area contributed by atoms with Crippen LogP contribution >= 0.6 is 11.3 Å². The number of thiazole rings is 1. The second kappa shape index (κ2) is 10.7. The number of aromatic nitrogens is 1. The van der Waals surface area contributed by atoms with Crippen molar-refractivity contribution < 1.29 is 15.0 Å². The minimum atomic E-state index is -0.353. The Labute approximate surface area is 204 Å². The zero-order valence-electron chi connectivity index (χ0n) is 19.7. The third kappa shape index (κ3) is 5.82. The quantitative estimate of drug-likeness (QED) is 0.457. The van der Waals surface area contributed by atoms with Crippen molar-refractivity contribution in [2.75, 3.05) is 44.6 Å². The summed E-state index contributed by atoms with van der Waals surface area (Å²) in [5.74, 6) is 0.0647. The van der Waals surface area contributed by atoms with Crippen LogP contribution in [0.25, 0.3) is 0 Å². The maximum absolute atomic E-state index is 12.9. The average Bonchev–Trinajstić information content (AvgIpc) is 3.30. The molecular weight excluding hydrogens is 448 g/mol. The first-order chi connectivity index (χ1) is 16.3. The smallest absolute Gasteiger partial charge is 0.257 e. The van der Waals surface area contributed by atoms with Gasteiger partial charge in [-0.2, -0.15) is 0 Å². The molecule has 7 nitrogen and oxygen atoms in total. The van der Waals surface area contributed by atoms with Crippen molar-refractivity contribution in [3.63, 3.8) is 0 Å². The maximum Gasteiger partial charge on any atom is 0.257 e. The molecule has 34 heavy (non-hydrogen) atoms. The number of nitrogens with zero attached hydrogens (tertiary/aromatic N) is 3. The number of anilines is 1. The molecule has 2 heterocycles. The number of β-amino-alcohol motifs (C(OH)–C–C–N with tert-alkyl or cyclic N) is 1. The number of nitrogens with one attached hydrogen (secondary N) is 1. The molecule has 1 aromatic heterocycles. The number of hydrogen-bond donors (Lipinski definition) is 3. The summed E-state index contributed by atoms with van der Waals surface area (Å²) in [6, 6.07) is 14.9. The van der Waals surface area contributed by atoms with Gasteiger partial charge in [0.25, 0.3) is 5.91 Å². The van der Waals surface area contributed by atoms with Crippen LogP contribution in [-0.4, -0.2) is 70.2 Å². The molecule has 3 aromatic rings. The number of aromatic hydroxyl groups is 1. The number of benzene rings is 2. The van der Waals surface area contributed by atoms with E-state index in [1.54, 1.807) is 12.1 Å². The van der Waals surface area contributed by atoms with Crippen LogP contribution in [0.1, 0.15) is 41.0 Å². The van der Waals surface area contributed by atoms with Gasteiger partial charge in [0.05, 0.1) is 12.3 Å². The Morgan fingerprint density at radius 1 is 1.09 bits per heavy atom. The third-order valence-corrected chi connectivity index (χ3v) is 7.19. The van der Waals surface area contributed by atoms with E-state index in [0.29, 0.717) is 10.7 Å². The summed E-state index contributed by atoms with van der Waals surface area (Å²) in [5.41, 5.74) is 3.28. The first-order valence-corrected chi connectivity index (χ1v) is 12.4. The van der Waals surface area contributed by atoms with E-state index in [1.807, 2.05) is 35.7 Å². The fourth-order valence-corrected chi connectivity index (χ4v) is 5.07. The van der Waals surface area contributed by atoms with Crippen molar-refractivity contribution in [2.24, 2.45) is 0 Å². The summed E-state index contributed by atoms with van der Waals surface area (Å²) in [5, 5.41) is 24.2. The Hall–Kier alpha value is -2.78.